The molecule has 3 aromatic rings. The number of halogens is 2. The van der Waals surface area contributed by atoms with Crippen molar-refractivity contribution in [3.05, 3.63) is 51.9 Å². The van der Waals surface area contributed by atoms with Gasteiger partial charge in [0.25, 0.3) is 0 Å². The topological polar surface area (TPSA) is 43.2 Å². The predicted molar refractivity (Wildman–Crippen MR) is 115 cm³/mol. The molecule has 1 fully saturated rings. The molecular formula is C21H24Cl2N4O. The summed E-state index contributed by atoms with van der Waals surface area (Å²) in [6, 6.07) is 7.81. The molecule has 0 amide bonds. The molecule has 0 bridgehead atoms. The zero-order chi connectivity index (χ0) is 19.9. The summed E-state index contributed by atoms with van der Waals surface area (Å²) in [5.41, 5.74) is 1.73. The van der Waals surface area contributed by atoms with Crippen LogP contribution in [0.4, 0.5) is 5.82 Å². The Hall–Kier alpha value is -1.82. The molecule has 0 saturated carbocycles. The predicted octanol–water partition coefficient (Wildman–Crippen LogP) is 4.92. The quantitative estimate of drug-likeness (QED) is 0.605. The Balaban J connectivity index is 1.83. The molecule has 28 heavy (non-hydrogen) atoms. The Bertz CT molecular complexity index is 1000. The largest absolute Gasteiger partial charge is 0.378 e. The summed E-state index contributed by atoms with van der Waals surface area (Å²) in [5, 5.41) is 2.20. The number of aromatic nitrogens is 3. The number of hydrogen-bond donors (Lipinski definition) is 0. The van der Waals surface area contributed by atoms with Crippen LogP contribution in [0.3, 0.4) is 0 Å². The highest BCUT2D eigenvalue weighted by Crippen LogP contribution is 2.31. The number of hydrogen-bond acceptors (Lipinski definition) is 4. The van der Waals surface area contributed by atoms with Gasteiger partial charge in [-0.05, 0) is 17.7 Å². The van der Waals surface area contributed by atoms with E-state index in [0.717, 1.165) is 54.5 Å². The second-order valence-corrected chi connectivity index (χ2v) is 8.90. The first-order chi connectivity index (χ1) is 13.3. The van der Waals surface area contributed by atoms with E-state index in [1.165, 1.54) is 0 Å². The standard InChI is InChI=1S/C21H24Cl2N4O/c1-21(2,3)20-24-18(26-9-11-28-12-10-26)15-7-8-27(19(15)25-20)13-14-5-4-6-16(22)17(14)23/h4-8H,9-13H2,1-3H3. The summed E-state index contributed by atoms with van der Waals surface area (Å²) in [6.07, 6.45) is 2.05. The Morgan fingerprint density at radius 1 is 1.07 bits per heavy atom. The Morgan fingerprint density at radius 2 is 1.82 bits per heavy atom. The van der Waals surface area contributed by atoms with Crippen molar-refractivity contribution in [1.29, 1.82) is 0 Å². The minimum atomic E-state index is -0.155. The lowest BCUT2D eigenvalue weighted by molar-refractivity contribution is 0.122. The molecule has 0 atom stereocenters. The fourth-order valence-electron chi connectivity index (χ4n) is 3.38. The lowest BCUT2D eigenvalue weighted by atomic mass is 9.95. The third kappa shape index (κ3) is 3.71. The lowest BCUT2D eigenvalue weighted by Crippen LogP contribution is -2.37. The van der Waals surface area contributed by atoms with Gasteiger partial charge in [0.15, 0.2) is 0 Å². The Kier molecular flexibility index (Phi) is 5.25. The molecule has 1 aliphatic heterocycles. The molecule has 1 aromatic carbocycles. The maximum atomic E-state index is 6.42. The van der Waals surface area contributed by atoms with Crippen molar-refractivity contribution in [1.82, 2.24) is 14.5 Å². The highest BCUT2D eigenvalue weighted by molar-refractivity contribution is 6.42. The molecule has 5 nitrogen and oxygen atoms in total. The van der Waals surface area contributed by atoms with E-state index in [-0.39, 0.29) is 5.41 Å². The molecule has 0 radical (unpaired) electrons. The summed E-state index contributed by atoms with van der Waals surface area (Å²) in [4.78, 5) is 12.2. The van der Waals surface area contributed by atoms with Gasteiger partial charge in [-0.3, -0.25) is 0 Å². The van der Waals surface area contributed by atoms with E-state index in [4.69, 9.17) is 37.9 Å². The van der Waals surface area contributed by atoms with Gasteiger partial charge in [-0.2, -0.15) is 0 Å². The molecular weight excluding hydrogens is 395 g/mol. The van der Waals surface area contributed by atoms with Gasteiger partial charge < -0.3 is 14.2 Å². The Morgan fingerprint density at radius 3 is 2.54 bits per heavy atom. The number of rotatable bonds is 3. The lowest BCUT2D eigenvalue weighted by Gasteiger charge is -2.29. The molecule has 2 aromatic heterocycles. The average molecular weight is 419 g/mol. The normalized spacial score (nSPS) is 15.4. The van der Waals surface area contributed by atoms with Gasteiger partial charge >= 0.3 is 0 Å². The third-order valence-electron chi connectivity index (χ3n) is 4.95. The summed E-state index contributed by atoms with van der Waals surface area (Å²) in [7, 11) is 0. The van der Waals surface area contributed by atoms with Gasteiger partial charge in [0.2, 0.25) is 0 Å². The van der Waals surface area contributed by atoms with Crippen LogP contribution in [0.2, 0.25) is 10.0 Å². The fourth-order valence-corrected chi connectivity index (χ4v) is 3.76. The SMILES string of the molecule is CC(C)(C)c1nc(N2CCOCC2)c2ccn(Cc3cccc(Cl)c3Cl)c2n1. The number of morpholine rings is 1. The van der Waals surface area contributed by atoms with E-state index in [9.17, 15) is 0 Å². The van der Waals surface area contributed by atoms with Crippen LogP contribution in [-0.4, -0.2) is 40.8 Å². The van der Waals surface area contributed by atoms with Crippen LogP contribution in [0.25, 0.3) is 11.0 Å². The van der Waals surface area contributed by atoms with Crippen LogP contribution in [0.1, 0.15) is 32.2 Å². The summed E-state index contributed by atoms with van der Waals surface area (Å²) in [5.74, 6) is 1.81. The molecule has 0 aliphatic carbocycles. The maximum Gasteiger partial charge on any atom is 0.146 e. The summed E-state index contributed by atoms with van der Waals surface area (Å²) in [6.45, 7) is 10.1. The van der Waals surface area contributed by atoms with Gasteiger partial charge in [-0.25, -0.2) is 9.97 Å². The number of benzene rings is 1. The molecule has 4 rings (SSSR count). The van der Waals surface area contributed by atoms with Crippen molar-refractivity contribution in [3.63, 3.8) is 0 Å². The van der Waals surface area contributed by atoms with E-state index < -0.39 is 0 Å². The van der Waals surface area contributed by atoms with Crippen LogP contribution in [0.5, 0.6) is 0 Å². The van der Waals surface area contributed by atoms with Crippen molar-refractivity contribution >= 4 is 40.1 Å². The second-order valence-electron chi connectivity index (χ2n) is 8.11. The van der Waals surface area contributed by atoms with Crippen LogP contribution in [0.15, 0.2) is 30.5 Å². The number of ether oxygens (including phenoxy) is 1. The smallest absolute Gasteiger partial charge is 0.146 e. The van der Waals surface area contributed by atoms with Crippen molar-refractivity contribution < 1.29 is 4.74 Å². The first-order valence-corrected chi connectivity index (χ1v) is 10.2. The molecule has 3 heterocycles. The van der Waals surface area contributed by atoms with Crippen LogP contribution in [0, 0.1) is 0 Å². The van der Waals surface area contributed by atoms with E-state index in [0.29, 0.717) is 16.6 Å². The van der Waals surface area contributed by atoms with E-state index in [2.05, 4.69) is 36.3 Å². The molecule has 0 unspecified atom stereocenters. The molecule has 7 heteroatoms. The first kappa shape index (κ1) is 19.5. The minimum absolute atomic E-state index is 0.155. The average Bonchev–Trinajstić information content (AvgIpc) is 3.08. The maximum absolute atomic E-state index is 6.42. The fraction of sp³-hybridized carbons (Fsp3) is 0.429. The van der Waals surface area contributed by atoms with Crippen LogP contribution in [-0.2, 0) is 16.7 Å². The van der Waals surface area contributed by atoms with Gasteiger partial charge in [0, 0.05) is 24.7 Å². The van der Waals surface area contributed by atoms with Gasteiger partial charge in [-0.15, -0.1) is 0 Å². The second kappa shape index (κ2) is 7.54. The van der Waals surface area contributed by atoms with Gasteiger partial charge in [-0.1, -0.05) is 56.1 Å². The molecule has 1 aliphatic rings. The zero-order valence-corrected chi connectivity index (χ0v) is 17.9. The molecule has 1 saturated heterocycles. The number of fused-ring (bicyclic) bond motifs is 1. The molecule has 148 valence electrons. The third-order valence-corrected chi connectivity index (χ3v) is 5.81. The summed E-state index contributed by atoms with van der Waals surface area (Å²) >= 11 is 12.6. The van der Waals surface area contributed by atoms with Gasteiger partial charge in [0.1, 0.15) is 17.3 Å². The Labute approximate surface area is 175 Å². The number of nitrogens with zero attached hydrogens (tertiary/aromatic N) is 4. The van der Waals surface area contributed by atoms with Crippen LogP contribution >= 0.6 is 23.2 Å². The summed E-state index contributed by atoms with van der Waals surface area (Å²) < 4.78 is 7.64. The molecule has 0 N–H and O–H groups in total. The monoisotopic (exact) mass is 418 g/mol. The van der Waals surface area contributed by atoms with Crippen molar-refractivity contribution in [3.8, 4) is 0 Å². The van der Waals surface area contributed by atoms with Crippen LogP contribution < -0.4 is 4.90 Å². The molecule has 0 spiro atoms. The van der Waals surface area contributed by atoms with Crippen molar-refractivity contribution in [2.24, 2.45) is 0 Å². The van der Waals surface area contributed by atoms with Crippen molar-refractivity contribution in [2.45, 2.75) is 32.7 Å². The van der Waals surface area contributed by atoms with Crippen molar-refractivity contribution in [2.75, 3.05) is 31.2 Å². The van der Waals surface area contributed by atoms with E-state index in [1.54, 1.807) is 6.07 Å². The number of anilines is 1. The van der Waals surface area contributed by atoms with E-state index in [1.807, 2.05) is 18.3 Å². The van der Waals surface area contributed by atoms with Gasteiger partial charge in [0.05, 0.1) is 35.2 Å². The zero-order valence-electron chi connectivity index (χ0n) is 16.4. The van der Waals surface area contributed by atoms with E-state index >= 15 is 0 Å². The minimum Gasteiger partial charge on any atom is -0.378 e. The first-order valence-electron chi connectivity index (χ1n) is 9.47. The highest BCUT2D eigenvalue weighted by atomic mass is 35.5. The highest BCUT2D eigenvalue weighted by Gasteiger charge is 2.24.